The van der Waals surface area contributed by atoms with Crippen molar-refractivity contribution in [2.75, 3.05) is 6.54 Å². The van der Waals surface area contributed by atoms with Crippen LogP contribution < -0.4 is 5.73 Å². The van der Waals surface area contributed by atoms with E-state index in [0.29, 0.717) is 18.0 Å². The molecule has 0 amide bonds. The lowest BCUT2D eigenvalue weighted by atomic mass is 9.94. The van der Waals surface area contributed by atoms with Crippen molar-refractivity contribution in [3.8, 4) is 0 Å². The van der Waals surface area contributed by atoms with Crippen molar-refractivity contribution in [2.24, 2.45) is 11.7 Å². The van der Waals surface area contributed by atoms with Crippen LogP contribution in [-0.4, -0.2) is 25.3 Å². The maximum atomic E-state index is 14.2. The lowest BCUT2D eigenvalue weighted by Gasteiger charge is -2.36. The Morgan fingerprint density at radius 3 is 2.71 bits per heavy atom. The Kier molecular flexibility index (Phi) is 4.03. The summed E-state index contributed by atoms with van der Waals surface area (Å²) < 4.78 is 41.3. The molecule has 1 heterocycles. The van der Waals surface area contributed by atoms with Gasteiger partial charge >= 0.3 is 0 Å². The highest BCUT2D eigenvalue weighted by molar-refractivity contribution is 7.89. The molecule has 0 bridgehead atoms. The van der Waals surface area contributed by atoms with Crippen LogP contribution in [0.1, 0.15) is 37.7 Å². The zero-order chi connectivity index (χ0) is 15.0. The molecule has 4 nitrogen and oxygen atoms in total. The molecule has 1 saturated carbocycles. The number of piperidine rings is 1. The summed E-state index contributed by atoms with van der Waals surface area (Å²) in [7, 11) is -3.75. The highest BCUT2D eigenvalue weighted by Crippen LogP contribution is 2.39. The summed E-state index contributed by atoms with van der Waals surface area (Å²) in [4.78, 5) is -0.216. The van der Waals surface area contributed by atoms with E-state index in [2.05, 4.69) is 0 Å². The highest BCUT2D eigenvalue weighted by Gasteiger charge is 2.41. The van der Waals surface area contributed by atoms with Crippen molar-refractivity contribution in [2.45, 2.75) is 49.6 Å². The van der Waals surface area contributed by atoms with Gasteiger partial charge in [-0.2, -0.15) is 4.31 Å². The van der Waals surface area contributed by atoms with E-state index < -0.39 is 15.8 Å². The zero-order valence-corrected chi connectivity index (χ0v) is 12.8. The van der Waals surface area contributed by atoms with Crippen molar-refractivity contribution in [1.29, 1.82) is 0 Å². The molecule has 0 aromatic heterocycles. The van der Waals surface area contributed by atoms with E-state index in [1.54, 1.807) is 6.07 Å². The molecule has 2 fully saturated rings. The van der Waals surface area contributed by atoms with Crippen molar-refractivity contribution >= 4 is 10.0 Å². The Morgan fingerprint density at radius 1 is 1.24 bits per heavy atom. The van der Waals surface area contributed by atoms with E-state index >= 15 is 0 Å². The Morgan fingerprint density at radius 2 is 2.00 bits per heavy atom. The van der Waals surface area contributed by atoms with Crippen molar-refractivity contribution in [3.63, 3.8) is 0 Å². The van der Waals surface area contributed by atoms with Crippen molar-refractivity contribution in [1.82, 2.24) is 4.31 Å². The van der Waals surface area contributed by atoms with Gasteiger partial charge in [-0.3, -0.25) is 0 Å². The van der Waals surface area contributed by atoms with Gasteiger partial charge < -0.3 is 5.73 Å². The Bertz CT molecular complexity index is 633. The van der Waals surface area contributed by atoms with Crippen LogP contribution in [0.4, 0.5) is 4.39 Å². The molecule has 3 rings (SSSR count). The first kappa shape index (κ1) is 14.9. The summed E-state index contributed by atoms with van der Waals surface area (Å²) >= 11 is 0. The third-order valence-corrected chi connectivity index (χ3v) is 6.72. The van der Waals surface area contributed by atoms with Gasteiger partial charge in [0.1, 0.15) is 10.7 Å². The number of benzene rings is 1. The fourth-order valence-electron chi connectivity index (χ4n) is 3.71. The Balaban J connectivity index is 1.96. The predicted molar refractivity (Wildman–Crippen MR) is 78.5 cm³/mol. The number of hydrogen-bond donors (Lipinski definition) is 1. The van der Waals surface area contributed by atoms with Gasteiger partial charge in [-0.05, 0) is 49.3 Å². The van der Waals surface area contributed by atoms with Crippen LogP contribution in [-0.2, 0) is 16.6 Å². The summed E-state index contributed by atoms with van der Waals surface area (Å²) in [5.41, 5.74) is 6.06. The van der Waals surface area contributed by atoms with E-state index in [4.69, 9.17) is 5.73 Å². The topological polar surface area (TPSA) is 63.4 Å². The van der Waals surface area contributed by atoms with Crippen LogP contribution in [0.3, 0.4) is 0 Å². The average Bonchev–Trinajstić information content (AvgIpc) is 2.94. The minimum absolute atomic E-state index is 0.0531. The average molecular weight is 312 g/mol. The molecule has 116 valence electrons. The molecular weight excluding hydrogens is 291 g/mol. The molecule has 1 saturated heterocycles. The van der Waals surface area contributed by atoms with Gasteiger partial charge in [0.15, 0.2) is 0 Å². The minimum atomic E-state index is -3.75. The number of fused-ring (bicyclic) bond motifs is 1. The molecule has 0 radical (unpaired) electrons. The van der Waals surface area contributed by atoms with E-state index in [1.807, 2.05) is 0 Å². The van der Waals surface area contributed by atoms with Gasteiger partial charge in [-0.25, -0.2) is 12.8 Å². The molecule has 1 aromatic rings. The predicted octanol–water partition coefficient (Wildman–Crippen LogP) is 2.24. The molecule has 2 N–H and O–H groups in total. The zero-order valence-electron chi connectivity index (χ0n) is 12.0. The third-order valence-electron chi connectivity index (χ3n) is 4.76. The van der Waals surface area contributed by atoms with Crippen LogP contribution in [0.25, 0.3) is 0 Å². The molecule has 2 atom stereocenters. The Hall–Kier alpha value is -0.980. The SMILES string of the molecule is NCc1ccc(S(=O)(=O)N2CCCC3CCCC32)c(F)c1. The van der Waals surface area contributed by atoms with E-state index in [0.717, 1.165) is 32.1 Å². The third kappa shape index (κ3) is 2.60. The second-order valence-electron chi connectivity index (χ2n) is 5.99. The molecule has 1 aliphatic carbocycles. The number of rotatable bonds is 3. The van der Waals surface area contributed by atoms with Crippen LogP contribution in [0.2, 0.25) is 0 Å². The first-order valence-corrected chi connectivity index (χ1v) is 8.98. The normalized spacial score (nSPS) is 26.8. The number of nitrogens with zero attached hydrogens (tertiary/aromatic N) is 1. The smallest absolute Gasteiger partial charge is 0.246 e. The molecule has 0 spiro atoms. The standard InChI is InChI=1S/C15H21FN2O2S/c16-13-9-11(10-17)6-7-15(13)21(19,20)18-8-2-4-12-3-1-5-14(12)18/h6-7,9,12,14H,1-5,8,10,17H2. The van der Waals surface area contributed by atoms with Gasteiger partial charge in [0.2, 0.25) is 10.0 Å². The van der Waals surface area contributed by atoms with E-state index in [1.165, 1.54) is 16.4 Å². The molecule has 1 aliphatic heterocycles. The summed E-state index contributed by atoms with van der Waals surface area (Å²) in [6, 6.07) is 4.22. The van der Waals surface area contributed by atoms with Gasteiger partial charge in [0.05, 0.1) is 0 Å². The maximum Gasteiger partial charge on any atom is 0.246 e. The second-order valence-corrected chi connectivity index (χ2v) is 7.84. The number of hydrogen-bond acceptors (Lipinski definition) is 3. The fraction of sp³-hybridized carbons (Fsp3) is 0.600. The fourth-order valence-corrected chi connectivity index (χ4v) is 5.52. The monoisotopic (exact) mass is 312 g/mol. The van der Waals surface area contributed by atoms with Crippen LogP contribution in [0.15, 0.2) is 23.1 Å². The van der Waals surface area contributed by atoms with Gasteiger partial charge in [-0.15, -0.1) is 0 Å². The summed E-state index contributed by atoms with van der Waals surface area (Å²) in [5.74, 6) is -0.252. The van der Waals surface area contributed by atoms with Gasteiger partial charge in [0, 0.05) is 19.1 Å². The number of sulfonamides is 1. The molecule has 6 heteroatoms. The van der Waals surface area contributed by atoms with Gasteiger partial charge in [0.25, 0.3) is 0 Å². The number of nitrogens with two attached hydrogens (primary N) is 1. The minimum Gasteiger partial charge on any atom is -0.326 e. The molecular formula is C15H21FN2O2S. The molecule has 2 unspecified atom stereocenters. The molecule has 21 heavy (non-hydrogen) atoms. The van der Waals surface area contributed by atoms with Crippen LogP contribution in [0.5, 0.6) is 0 Å². The molecule has 2 aliphatic rings. The van der Waals surface area contributed by atoms with E-state index in [-0.39, 0.29) is 17.5 Å². The van der Waals surface area contributed by atoms with Crippen LogP contribution >= 0.6 is 0 Å². The van der Waals surface area contributed by atoms with Crippen molar-refractivity contribution in [3.05, 3.63) is 29.6 Å². The molecule has 1 aromatic carbocycles. The first-order valence-electron chi connectivity index (χ1n) is 7.54. The lowest BCUT2D eigenvalue weighted by Crippen LogP contribution is -2.46. The summed E-state index contributed by atoms with van der Waals surface area (Å²) in [6.07, 6.45) is 5.00. The van der Waals surface area contributed by atoms with Crippen LogP contribution in [0, 0.1) is 11.7 Å². The number of halogens is 1. The van der Waals surface area contributed by atoms with Crippen molar-refractivity contribution < 1.29 is 12.8 Å². The largest absolute Gasteiger partial charge is 0.326 e. The highest BCUT2D eigenvalue weighted by atomic mass is 32.2. The first-order chi connectivity index (χ1) is 10.0. The summed E-state index contributed by atoms with van der Waals surface area (Å²) in [5, 5.41) is 0. The van der Waals surface area contributed by atoms with E-state index in [9.17, 15) is 12.8 Å². The maximum absolute atomic E-state index is 14.2. The second kappa shape index (κ2) is 5.66. The Labute approximate surface area is 125 Å². The summed E-state index contributed by atoms with van der Waals surface area (Å²) in [6.45, 7) is 0.702. The lowest BCUT2D eigenvalue weighted by molar-refractivity contribution is 0.201. The quantitative estimate of drug-likeness (QED) is 0.931. The van der Waals surface area contributed by atoms with Gasteiger partial charge in [-0.1, -0.05) is 12.5 Å².